The fourth-order valence-corrected chi connectivity index (χ4v) is 1.48. The average molecular weight is 219 g/mol. The number of pyridine rings is 1. The van der Waals surface area contributed by atoms with E-state index in [-0.39, 0.29) is 16.7 Å². The fraction of sp³-hybridized carbons (Fsp3) is 0.0909. The van der Waals surface area contributed by atoms with E-state index < -0.39 is 5.97 Å². The normalized spacial score (nSPS) is 10.3. The van der Waals surface area contributed by atoms with Crippen LogP contribution in [0, 0.1) is 0 Å². The number of aromatic amines is 1. The lowest BCUT2D eigenvalue weighted by molar-refractivity contribution is 0.0597. The summed E-state index contributed by atoms with van der Waals surface area (Å²) in [7, 11) is 1.21. The molecule has 1 aromatic carbocycles. The Morgan fingerprint density at radius 3 is 2.88 bits per heavy atom. The summed E-state index contributed by atoms with van der Waals surface area (Å²) in [4.78, 5) is 25.6. The van der Waals surface area contributed by atoms with Crippen molar-refractivity contribution in [3.05, 3.63) is 40.2 Å². The average Bonchev–Trinajstić information content (AvgIpc) is 2.28. The highest BCUT2D eigenvalue weighted by Gasteiger charge is 2.13. The number of carbonyl (C=O) groups excluding carboxylic acids is 1. The maximum Gasteiger partial charge on any atom is 0.341 e. The number of rotatable bonds is 1. The molecule has 0 aliphatic carbocycles. The van der Waals surface area contributed by atoms with Crippen LogP contribution in [0.3, 0.4) is 0 Å². The van der Waals surface area contributed by atoms with Gasteiger partial charge >= 0.3 is 5.97 Å². The van der Waals surface area contributed by atoms with E-state index in [2.05, 4.69) is 9.72 Å². The first-order valence-electron chi connectivity index (χ1n) is 4.56. The molecule has 0 saturated carbocycles. The number of H-pyrrole nitrogens is 1. The van der Waals surface area contributed by atoms with Crippen LogP contribution in [0.1, 0.15) is 10.4 Å². The van der Waals surface area contributed by atoms with Gasteiger partial charge in [-0.15, -0.1) is 0 Å². The van der Waals surface area contributed by atoms with Crippen LogP contribution < -0.4 is 5.43 Å². The van der Waals surface area contributed by atoms with Crippen molar-refractivity contribution in [2.24, 2.45) is 0 Å². The lowest BCUT2D eigenvalue weighted by Crippen LogP contribution is -2.05. The Hall–Kier alpha value is -2.30. The van der Waals surface area contributed by atoms with Gasteiger partial charge in [0.1, 0.15) is 11.3 Å². The lowest BCUT2D eigenvalue weighted by Gasteiger charge is -2.04. The Balaban J connectivity index is 2.79. The number of phenolic OH excluding ortho intramolecular Hbond substituents is 1. The van der Waals surface area contributed by atoms with E-state index in [1.807, 2.05) is 0 Å². The monoisotopic (exact) mass is 219 g/mol. The van der Waals surface area contributed by atoms with Crippen LogP contribution in [0.4, 0.5) is 0 Å². The molecule has 0 fully saturated rings. The quantitative estimate of drug-likeness (QED) is 0.702. The van der Waals surface area contributed by atoms with Crippen molar-refractivity contribution in [2.75, 3.05) is 7.11 Å². The summed E-state index contributed by atoms with van der Waals surface area (Å²) < 4.78 is 4.49. The van der Waals surface area contributed by atoms with E-state index >= 15 is 0 Å². The highest BCUT2D eigenvalue weighted by atomic mass is 16.5. The van der Waals surface area contributed by atoms with Crippen LogP contribution in [0.5, 0.6) is 5.75 Å². The Bertz CT molecular complexity index is 615. The third-order valence-electron chi connectivity index (χ3n) is 2.28. The molecule has 0 amide bonds. The molecule has 0 aliphatic rings. The largest absolute Gasteiger partial charge is 0.507 e. The Morgan fingerprint density at radius 1 is 1.44 bits per heavy atom. The molecular formula is C11H9NO4. The highest BCUT2D eigenvalue weighted by Crippen LogP contribution is 2.22. The Labute approximate surface area is 90.3 Å². The van der Waals surface area contributed by atoms with Crippen LogP contribution in [-0.4, -0.2) is 23.2 Å². The van der Waals surface area contributed by atoms with Gasteiger partial charge in [-0.3, -0.25) is 4.79 Å². The third-order valence-corrected chi connectivity index (χ3v) is 2.28. The molecule has 0 bridgehead atoms. The molecular weight excluding hydrogens is 210 g/mol. The van der Waals surface area contributed by atoms with E-state index in [9.17, 15) is 14.7 Å². The van der Waals surface area contributed by atoms with Crippen LogP contribution in [-0.2, 0) is 4.74 Å². The predicted molar refractivity (Wildman–Crippen MR) is 57.6 cm³/mol. The number of esters is 1. The van der Waals surface area contributed by atoms with Gasteiger partial charge in [-0.1, -0.05) is 0 Å². The molecule has 5 heteroatoms. The molecule has 1 heterocycles. The number of hydrogen-bond acceptors (Lipinski definition) is 4. The zero-order valence-electron chi connectivity index (χ0n) is 8.48. The highest BCUT2D eigenvalue weighted by molar-refractivity contribution is 5.97. The van der Waals surface area contributed by atoms with Crippen molar-refractivity contribution >= 4 is 16.9 Å². The molecule has 0 unspecified atom stereocenters. The SMILES string of the molecule is COC(=O)c1cc2c(=O)cc[nH]c2cc1O. The molecule has 0 saturated heterocycles. The van der Waals surface area contributed by atoms with Gasteiger partial charge in [0.05, 0.1) is 12.6 Å². The van der Waals surface area contributed by atoms with Crippen molar-refractivity contribution in [2.45, 2.75) is 0 Å². The zero-order valence-corrected chi connectivity index (χ0v) is 8.48. The minimum absolute atomic E-state index is 0.0216. The molecule has 5 nitrogen and oxygen atoms in total. The van der Waals surface area contributed by atoms with Gasteiger partial charge in [-0.05, 0) is 6.07 Å². The smallest absolute Gasteiger partial charge is 0.341 e. The van der Waals surface area contributed by atoms with Gasteiger partial charge < -0.3 is 14.8 Å². The first-order chi connectivity index (χ1) is 7.63. The maximum atomic E-state index is 11.5. The summed E-state index contributed by atoms with van der Waals surface area (Å²) in [5.74, 6) is -0.899. The summed E-state index contributed by atoms with van der Waals surface area (Å²) in [5.41, 5.74) is 0.225. The second kappa shape index (κ2) is 3.69. The number of aromatic nitrogens is 1. The fourth-order valence-electron chi connectivity index (χ4n) is 1.48. The number of methoxy groups -OCH3 is 1. The van der Waals surface area contributed by atoms with Crippen LogP contribution in [0.15, 0.2) is 29.2 Å². The molecule has 2 aromatic rings. The molecule has 2 N–H and O–H groups in total. The van der Waals surface area contributed by atoms with Gasteiger partial charge in [0, 0.05) is 23.7 Å². The number of fused-ring (bicyclic) bond motifs is 1. The molecule has 0 atom stereocenters. The van der Waals surface area contributed by atoms with Gasteiger partial charge in [0.25, 0.3) is 0 Å². The van der Waals surface area contributed by atoms with Crippen molar-refractivity contribution in [1.29, 1.82) is 0 Å². The number of carbonyl (C=O) groups is 1. The van der Waals surface area contributed by atoms with Crippen molar-refractivity contribution in [1.82, 2.24) is 4.98 Å². The van der Waals surface area contributed by atoms with Gasteiger partial charge in [-0.2, -0.15) is 0 Å². The van der Waals surface area contributed by atoms with Crippen LogP contribution >= 0.6 is 0 Å². The number of hydrogen-bond donors (Lipinski definition) is 2. The molecule has 0 radical (unpaired) electrons. The van der Waals surface area contributed by atoms with Crippen molar-refractivity contribution in [3.8, 4) is 5.75 Å². The van der Waals surface area contributed by atoms with E-state index in [1.54, 1.807) is 0 Å². The molecule has 1 aromatic heterocycles. The molecule has 16 heavy (non-hydrogen) atoms. The van der Waals surface area contributed by atoms with Gasteiger partial charge in [-0.25, -0.2) is 4.79 Å². The summed E-state index contributed by atoms with van der Waals surface area (Å²) >= 11 is 0. The summed E-state index contributed by atoms with van der Waals surface area (Å²) in [6.45, 7) is 0. The third kappa shape index (κ3) is 1.52. The van der Waals surface area contributed by atoms with Gasteiger partial charge in [0.2, 0.25) is 0 Å². The molecule has 2 rings (SSSR count). The lowest BCUT2D eigenvalue weighted by atomic mass is 10.1. The number of phenols is 1. The minimum atomic E-state index is -0.678. The minimum Gasteiger partial charge on any atom is -0.507 e. The maximum absolute atomic E-state index is 11.5. The van der Waals surface area contributed by atoms with E-state index in [1.165, 1.54) is 31.5 Å². The zero-order chi connectivity index (χ0) is 11.7. The number of aromatic hydroxyl groups is 1. The summed E-state index contributed by atoms with van der Waals surface area (Å²) in [6.07, 6.45) is 1.47. The van der Waals surface area contributed by atoms with E-state index in [4.69, 9.17) is 0 Å². The van der Waals surface area contributed by atoms with Crippen LogP contribution in [0.2, 0.25) is 0 Å². The molecule has 0 aliphatic heterocycles. The summed E-state index contributed by atoms with van der Waals surface area (Å²) in [6, 6.07) is 3.98. The molecule has 82 valence electrons. The first-order valence-corrected chi connectivity index (χ1v) is 4.56. The standard InChI is InChI=1S/C11H9NO4/c1-16-11(15)7-4-6-8(5-10(7)14)12-3-2-9(6)13/h2-5,14H,1H3,(H,12,13). The van der Waals surface area contributed by atoms with E-state index in [0.29, 0.717) is 10.9 Å². The number of ether oxygens (including phenoxy) is 1. The van der Waals surface area contributed by atoms with Crippen LogP contribution in [0.25, 0.3) is 10.9 Å². The molecule has 0 spiro atoms. The number of nitrogens with one attached hydrogen (secondary N) is 1. The van der Waals surface area contributed by atoms with E-state index in [0.717, 1.165) is 0 Å². The Morgan fingerprint density at radius 2 is 2.19 bits per heavy atom. The van der Waals surface area contributed by atoms with Gasteiger partial charge in [0.15, 0.2) is 5.43 Å². The van der Waals surface area contributed by atoms with Crippen molar-refractivity contribution < 1.29 is 14.6 Å². The first kappa shape index (κ1) is 10.2. The van der Waals surface area contributed by atoms with Crippen molar-refractivity contribution in [3.63, 3.8) is 0 Å². The predicted octanol–water partition coefficient (Wildman–Crippen LogP) is 1.02. The summed E-state index contributed by atoms with van der Waals surface area (Å²) in [5, 5.41) is 9.91. The Kier molecular flexibility index (Phi) is 2.36. The number of benzene rings is 1. The second-order valence-corrected chi connectivity index (χ2v) is 3.25. The topological polar surface area (TPSA) is 79.4 Å². The second-order valence-electron chi connectivity index (χ2n) is 3.25.